The average molecular weight is 234 g/mol. The summed E-state index contributed by atoms with van der Waals surface area (Å²) in [5, 5.41) is 10.7. The average Bonchev–Trinajstić information content (AvgIpc) is 2.56. The number of nitriles is 1. The molecule has 16 heavy (non-hydrogen) atoms. The fourth-order valence-corrected chi connectivity index (χ4v) is 2.27. The van der Waals surface area contributed by atoms with Crippen molar-refractivity contribution in [3.63, 3.8) is 0 Å². The van der Waals surface area contributed by atoms with E-state index in [0.29, 0.717) is 10.8 Å². The minimum atomic E-state index is 0.244. The molecule has 0 fully saturated rings. The van der Waals surface area contributed by atoms with Crippen molar-refractivity contribution in [2.24, 2.45) is 0 Å². The second-order valence-electron chi connectivity index (χ2n) is 4.21. The molecule has 82 valence electrons. The molecule has 0 aliphatic heterocycles. The first-order chi connectivity index (χ1) is 7.54. The van der Waals surface area contributed by atoms with E-state index < -0.39 is 0 Å². The van der Waals surface area contributed by atoms with E-state index in [0.717, 1.165) is 22.1 Å². The molecule has 3 heteroatoms. The Labute approximate surface area is 99.4 Å². The van der Waals surface area contributed by atoms with Crippen molar-refractivity contribution in [1.29, 1.82) is 5.26 Å². The van der Waals surface area contributed by atoms with Gasteiger partial charge in [-0.15, -0.1) is 0 Å². The molecule has 0 atom stereocenters. The van der Waals surface area contributed by atoms with Crippen LogP contribution in [0.5, 0.6) is 0 Å². The minimum absolute atomic E-state index is 0.244. The maximum atomic E-state index is 9.05. The number of hydrogen-bond donors (Lipinski definition) is 0. The summed E-state index contributed by atoms with van der Waals surface area (Å²) in [6.07, 6.45) is 0. The van der Waals surface area contributed by atoms with Gasteiger partial charge in [-0.3, -0.25) is 0 Å². The van der Waals surface area contributed by atoms with E-state index in [1.54, 1.807) is 0 Å². The summed E-state index contributed by atoms with van der Waals surface area (Å²) < 4.78 is 5.58. The highest BCUT2D eigenvalue weighted by Gasteiger charge is 2.18. The van der Waals surface area contributed by atoms with Crippen molar-refractivity contribution in [2.75, 3.05) is 0 Å². The van der Waals surface area contributed by atoms with Crippen LogP contribution in [-0.2, 0) is 0 Å². The summed E-state index contributed by atoms with van der Waals surface area (Å²) in [5.74, 6) is 0.643. The van der Waals surface area contributed by atoms with Crippen LogP contribution >= 0.6 is 11.6 Å². The Morgan fingerprint density at radius 2 is 2.06 bits per heavy atom. The molecule has 0 saturated heterocycles. The smallest absolute Gasteiger partial charge is 0.208 e. The molecule has 0 radical (unpaired) electrons. The SMILES string of the molecule is Cc1cc(Cl)cc2c(C(C)C)c(C#N)oc12. The third-order valence-electron chi connectivity index (χ3n) is 2.66. The third kappa shape index (κ3) is 1.58. The second-order valence-corrected chi connectivity index (χ2v) is 4.65. The molecule has 0 bridgehead atoms. The van der Waals surface area contributed by atoms with Crippen LogP contribution in [0.2, 0.25) is 5.02 Å². The van der Waals surface area contributed by atoms with Gasteiger partial charge in [0.25, 0.3) is 0 Å². The molecule has 1 aromatic carbocycles. The highest BCUT2D eigenvalue weighted by atomic mass is 35.5. The first-order valence-electron chi connectivity index (χ1n) is 5.17. The number of rotatable bonds is 1. The van der Waals surface area contributed by atoms with E-state index in [9.17, 15) is 0 Å². The molecule has 0 aliphatic rings. The molecule has 0 N–H and O–H groups in total. The van der Waals surface area contributed by atoms with Crippen molar-refractivity contribution < 1.29 is 4.42 Å². The molecule has 0 saturated carbocycles. The van der Waals surface area contributed by atoms with Gasteiger partial charge in [0.2, 0.25) is 5.76 Å². The van der Waals surface area contributed by atoms with E-state index in [2.05, 4.69) is 6.07 Å². The van der Waals surface area contributed by atoms with E-state index in [1.807, 2.05) is 32.9 Å². The molecule has 0 aliphatic carbocycles. The van der Waals surface area contributed by atoms with Gasteiger partial charge >= 0.3 is 0 Å². The minimum Gasteiger partial charge on any atom is -0.445 e. The number of halogens is 1. The van der Waals surface area contributed by atoms with E-state index >= 15 is 0 Å². The van der Waals surface area contributed by atoms with Crippen LogP contribution in [0, 0.1) is 18.3 Å². The molecule has 0 spiro atoms. The van der Waals surface area contributed by atoms with Gasteiger partial charge in [-0.1, -0.05) is 25.4 Å². The zero-order valence-corrected chi connectivity index (χ0v) is 10.2. The Morgan fingerprint density at radius 3 is 2.62 bits per heavy atom. The number of furan rings is 1. The van der Waals surface area contributed by atoms with Crippen LogP contribution in [0.3, 0.4) is 0 Å². The Balaban J connectivity index is 2.91. The van der Waals surface area contributed by atoms with Gasteiger partial charge in [0, 0.05) is 16.0 Å². The summed E-state index contributed by atoms with van der Waals surface area (Å²) in [6, 6.07) is 5.81. The number of fused-ring (bicyclic) bond motifs is 1. The highest BCUT2D eigenvalue weighted by molar-refractivity contribution is 6.31. The van der Waals surface area contributed by atoms with Gasteiger partial charge in [0.1, 0.15) is 11.7 Å². The Kier molecular flexibility index (Phi) is 2.65. The molecule has 1 aromatic heterocycles. The van der Waals surface area contributed by atoms with Crippen molar-refractivity contribution in [3.05, 3.63) is 34.0 Å². The predicted molar refractivity (Wildman–Crippen MR) is 64.8 cm³/mol. The fourth-order valence-electron chi connectivity index (χ4n) is 2.00. The van der Waals surface area contributed by atoms with Gasteiger partial charge < -0.3 is 4.42 Å². The lowest BCUT2D eigenvalue weighted by molar-refractivity contribution is 0.587. The van der Waals surface area contributed by atoms with Gasteiger partial charge in [0.15, 0.2) is 0 Å². The molecule has 0 amide bonds. The summed E-state index contributed by atoms with van der Waals surface area (Å²) >= 11 is 6.03. The third-order valence-corrected chi connectivity index (χ3v) is 2.88. The zero-order chi connectivity index (χ0) is 11.9. The topological polar surface area (TPSA) is 36.9 Å². The largest absolute Gasteiger partial charge is 0.445 e. The van der Waals surface area contributed by atoms with Gasteiger partial charge in [0.05, 0.1) is 0 Å². The molecule has 2 aromatic rings. The lowest BCUT2D eigenvalue weighted by Crippen LogP contribution is -1.88. The lowest BCUT2D eigenvalue weighted by atomic mass is 9.99. The lowest BCUT2D eigenvalue weighted by Gasteiger charge is -2.02. The molecule has 0 unspecified atom stereocenters. The Hall–Kier alpha value is -1.46. The molecule has 2 nitrogen and oxygen atoms in total. The maximum absolute atomic E-state index is 9.05. The van der Waals surface area contributed by atoms with Crippen molar-refractivity contribution in [2.45, 2.75) is 26.7 Å². The number of hydrogen-bond acceptors (Lipinski definition) is 2. The van der Waals surface area contributed by atoms with E-state index in [4.69, 9.17) is 21.3 Å². The molecular formula is C13H12ClNO. The molecule has 2 rings (SSSR count). The van der Waals surface area contributed by atoms with Crippen LogP contribution in [0.15, 0.2) is 16.5 Å². The first kappa shape index (κ1) is 11.0. The predicted octanol–water partition coefficient (Wildman–Crippen LogP) is 4.39. The van der Waals surface area contributed by atoms with Gasteiger partial charge in [-0.2, -0.15) is 5.26 Å². The normalized spacial score (nSPS) is 11.0. The molecule has 1 heterocycles. The van der Waals surface area contributed by atoms with Crippen LogP contribution in [-0.4, -0.2) is 0 Å². The first-order valence-corrected chi connectivity index (χ1v) is 5.55. The van der Waals surface area contributed by atoms with Crippen molar-refractivity contribution >= 4 is 22.6 Å². The van der Waals surface area contributed by atoms with E-state index in [-0.39, 0.29) is 5.92 Å². The summed E-state index contributed by atoms with van der Waals surface area (Å²) in [4.78, 5) is 0. The van der Waals surface area contributed by atoms with Crippen molar-refractivity contribution in [3.8, 4) is 6.07 Å². The van der Waals surface area contributed by atoms with Crippen LogP contribution in [0.25, 0.3) is 11.0 Å². The number of aryl methyl sites for hydroxylation is 1. The van der Waals surface area contributed by atoms with Crippen molar-refractivity contribution in [1.82, 2.24) is 0 Å². The Morgan fingerprint density at radius 1 is 1.38 bits per heavy atom. The second kappa shape index (κ2) is 3.84. The monoisotopic (exact) mass is 233 g/mol. The zero-order valence-electron chi connectivity index (χ0n) is 9.47. The van der Waals surface area contributed by atoms with Crippen LogP contribution in [0.4, 0.5) is 0 Å². The standard InChI is InChI=1S/C13H12ClNO/c1-7(2)12-10-5-9(14)4-8(3)13(10)16-11(12)6-15/h4-5,7H,1-3H3. The van der Waals surface area contributed by atoms with E-state index in [1.165, 1.54) is 0 Å². The Bertz CT molecular complexity index is 590. The molecular weight excluding hydrogens is 222 g/mol. The van der Waals surface area contributed by atoms with Gasteiger partial charge in [-0.25, -0.2) is 0 Å². The highest BCUT2D eigenvalue weighted by Crippen LogP contribution is 2.34. The number of benzene rings is 1. The van der Waals surface area contributed by atoms with Crippen LogP contribution < -0.4 is 0 Å². The summed E-state index contributed by atoms with van der Waals surface area (Å²) in [7, 11) is 0. The summed E-state index contributed by atoms with van der Waals surface area (Å²) in [5.41, 5.74) is 2.68. The maximum Gasteiger partial charge on any atom is 0.208 e. The quantitative estimate of drug-likeness (QED) is 0.733. The fraction of sp³-hybridized carbons (Fsp3) is 0.308. The van der Waals surface area contributed by atoms with Gasteiger partial charge in [-0.05, 0) is 30.5 Å². The van der Waals surface area contributed by atoms with Crippen LogP contribution in [0.1, 0.15) is 36.7 Å². The summed E-state index contributed by atoms with van der Waals surface area (Å²) in [6.45, 7) is 6.02. The number of nitrogens with zero attached hydrogens (tertiary/aromatic N) is 1.